The van der Waals surface area contributed by atoms with Crippen molar-refractivity contribution in [3.8, 4) is 0 Å². The number of piperazine rings is 1. The third kappa shape index (κ3) is 9.86. The van der Waals surface area contributed by atoms with E-state index in [4.69, 9.17) is 24.5 Å². The first-order chi connectivity index (χ1) is 18.1. The Labute approximate surface area is 218 Å². The predicted molar refractivity (Wildman–Crippen MR) is 121 cm³/mol. The van der Waals surface area contributed by atoms with E-state index in [-0.39, 0.29) is 12.0 Å². The number of hydrogen-bond acceptors (Lipinski definition) is 6. The zero-order valence-electron chi connectivity index (χ0n) is 20.5. The molecule has 2 aromatic heterocycles. The fourth-order valence-electron chi connectivity index (χ4n) is 3.84. The Balaban J connectivity index is 0.000000317. The second-order valence-corrected chi connectivity index (χ2v) is 8.54. The molecule has 2 fully saturated rings. The Kier molecular flexibility index (Phi) is 10.9. The van der Waals surface area contributed by atoms with Crippen molar-refractivity contribution in [1.29, 1.82) is 0 Å². The largest absolute Gasteiger partial charge is 0.490 e. The van der Waals surface area contributed by atoms with Gasteiger partial charge >= 0.3 is 24.3 Å². The van der Waals surface area contributed by atoms with E-state index in [0.29, 0.717) is 12.6 Å². The third-order valence-corrected chi connectivity index (χ3v) is 5.72. The summed E-state index contributed by atoms with van der Waals surface area (Å²) in [6, 6.07) is 8.18. The number of aliphatic carboxylic acids is 2. The van der Waals surface area contributed by atoms with Gasteiger partial charge in [0.2, 0.25) is 0 Å². The van der Waals surface area contributed by atoms with Crippen molar-refractivity contribution in [3.05, 3.63) is 54.1 Å². The molecule has 1 amide bonds. The van der Waals surface area contributed by atoms with E-state index in [2.05, 4.69) is 9.88 Å². The monoisotopic (exact) mass is 568 g/mol. The van der Waals surface area contributed by atoms with Gasteiger partial charge in [0.1, 0.15) is 5.69 Å². The maximum absolute atomic E-state index is 12.7. The van der Waals surface area contributed by atoms with Crippen LogP contribution in [-0.4, -0.2) is 98.1 Å². The fraction of sp³-hybridized carbons (Fsp3) is 0.478. The standard InChI is InChI=1S/C19H24N4O2.2C2HF3O2/c1-21-7-3-5-18(21)19(24)23-9-8-22-13-17(10-16(22)12-23)25-14-15-4-2-6-20-11-15;2*3-2(4,5)1(6)7/h2-7,11,16-17H,8-10,12-14H2,1H3;2*(H,6,7)/t16-,17+;;/m0../s1. The summed E-state index contributed by atoms with van der Waals surface area (Å²) in [6.07, 6.45) is -3.41. The van der Waals surface area contributed by atoms with Gasteiger partial charge in [0.25, 0.3) is 5.91 Å². The van der Waals surface area contributed by atoms with Gasteiger partial charge in [0.05, 0.1) is 12.7 Å². The highest BCUT2D eigenvalue weighted by atomic mass is 19.4. The minimum Gasteiger partial charge on any atom is -0.475 e. The summed E-state index contributed by atoms with van der Waals surface area (Å²) in [5.74, 6) is -5.38. The van der Waals surface area contributed by atoms with Gasteiger partial charge in [-0.3, -0.25) is 14.7 Å². The maximum atomic E-state index is 12.7. The molecule has 0 saturated carbocycles. The second kappa shape index (κ2) is 13.4. The van der Waals surface area contributed by atoms with Gasteiger partial charge in [-0.2, -0.15) is 26.3 Å². The van der Waals surface area contributed by atoms with Crippen molar-refractivity contribution in [3.63, 3.8) is 0 Å². The third-order valence-electron chi connectivity index (χ3n) is 5.72. The second-order valence-electron chi connectivity index (χ2n) is 8.54. The van der Waals surface area contributed by atoms with E-state index >= 15 is 0 Å². The molecule has 2 atom stereocenters. The highest BCUT2D eigenvalue weighted by Crippen LogP contribution is 2.25. The normalized spacial score (nSPS) is 19.2. The number of aromatic nitrogens is 2. The first kappa shape index (κ1) is 31.6. The Bertz CT molecular complexity index is 1080. The lowest BCUT2D eigenvalue weighted by atomic mass is 10.1. The molecule has 0 radical (unpaired) electrons. The van der Waals surface area contributed by atoms with Gasteiger partial charge in [-0.05, 0) is 30.2 Å². The zero-order valence-corrected chi connectivity index (χ0v) is 20.5. The van der Waals surface area contributed by atoms with Crippen LogP contribution in [0.1, 0.15) is 22.5 Å². The van der Waals surface area contributed by atoms with Gasteiger partial charge in [-0.25, -0.2) is 9.59 Å². The van der Waals surface area contributed by atoms with Crippen LogP contribution >= 0.6 is 0 Å². The summed E-state index contributed by atoms with van der Waals surface area (Å²) < 4.78 is 71.4. The van der Waals surface area contributed by atoms with Gasteiger partial charge in [-0.15, -0.1) is 0 Å². The number of carboxylic acid groups (broad SMARTS) is 2. The van der Waals surface area contributed by atoms with Crippen molar-refractivity contribution in [1.82, 2.24) is 19.4 Å². The molecular formula is C23H26F6N4O6. The SMILES string of the molecule is Cn1cccc1C(=O)N1CCN2C[C@H](OCc3cccnc3)C[C@H]2C1.O=C(O)C(F)(F)F.O=C(O)C(F)(F)F. The molecule has 16 heteroatoms. The lowest BCUT2D eigenvalue weighted by molar-refractivity contribution is -0.193. The molecule has 0 unspecified atom stereocenters. The quantitative estimate of drug-likeness (QED) is 0.540. The number of pyridine rings is 1. The predicted octanol–water partition coefficient (Wildman–Crippen LogP) is 2.80. The first-order valence-electron chi connectivity index (χ1n) is 11.3. The first-order valence-corrected chi connectivity index (χ1v) is 11.3. The van der Waals surface area contributed by atoms with E-state index in [1.54, 1.807) is 6.20 Å². The number of alkyl halides is 6. The fourth-order valence-corrected chi connectivity index (χ4v) is 3.84. The van der Waals surface area contributed by atoms with Crippen molar-refractivity contribution in [2.24, 2.45) is 7.05 Å². The van der Waals surface area contributed by atoms with Crippen molar-refractivity contribution in [2.45, 2.75) is 37.5 Å². The van der Waals surface area contributed by atoms with E-state index < -0.39 is 24.3 Å². The Morgan fingerprint density at radius 2 is 1.62 bits per heavy atom. The molecule has 2 saturated heterocycles. The number of hydrogen-bond donors (Lipinski definition) is 2. The van der Waals surface area contributed by atoms with Crippen LogP contribution in [0.25, 0.3) is 0 Å². The summed E-state index contributed by atoms with van der Waals surface area (Å²) in [6.45, 7) is 4.06. The molecule has 2 aliphatic heterocycles. The number of fused-ring (bicyclic) bond motifs is 1. The molecule has 216 valence electrons. The van der Waals surface area contributed by atoms with Gasteiger partial charge < -0.3 is 24.4 Å². The topological polar surface area (TPSA) is 125 Å². The number of nitrogens with zero attached hydrogens (tertiary/aromatic N) is 4. The van der Waals surface area contributed by atoms with Crippen LogP contribution < -0.4 is 0 Å². The lowest BCUT2D eigenvalue weighted by Gasteiger charge is -2.37. The average Bonchev–Trinajstić information content (AvgIpc) is 3.47. The van der Waals surface area contributed by atoms with Gasteiger partial charge in [0, 0.05) is 57.9 Å². The van der Waals surface area contributed by atoms with Crippen LogP contribution in [0.15, 0.2) is 42.9 Å². The molecular weight excluding hydrogens is 542 g/mol. The van der Waals surface area contributed by atoms with E-state index in [0.717, 1.165) is 43.9 Å². The molecule has 2 aromatic rings. The molecule has 4 heterocycles. The molecule has 0 spiro atoms. The van der Waals surface area contributed by atoms with Crippen LogP contribution in [0, 0.1) is 0 Å². The van der Waals surface area contributed by atoms with Crippen LogP contribution in [0.4, 0.5) is 26.3 Å². The number of carbonyl (C=O) groups is 3. The Hall–Kier alpha value is -3.66. The number of aryl methyl sites for hydroxylation is 1. The number of carbonyl (C=O) groups excluding carboxylic acids is 1. The Morgan fingerprint density at radius 1 is 1.00 bits per heavy atom. The van der Waals surface area contributed by atoms with E-state index in [9.17, 15) is 31.1 Å². The van der Waals surface area contributed by atoms with Crippen LogP contribution in [0.2, 0.25) is 0 Å². The molecule has 0 aliphatic carbocycles. The molecule has 2 N–H and O–H groups in total. The molecule has 0 aromatic carbocycles. The van der Waals surface area contributed by atoms with Crippen LogP contribution in [-0.2, 0) is 28.0 Å². The molecule has 39 heavy (non-hydrogen) atoms. The smallest absolute Gasteiger partial charge is 0.475 e. The lowest BCUT2D eigenvalue weighted by Crippen LogP contribution is -2.52. The summed E-state index contributed by atoms with van der Waals surface area (Å²) in [5.41, 5.74) is 1.86. The average molecular weight is 568 g/mol. The van der Waals surface area contributed by atoms with Crippen LogP contribution in [0.5, 0.6) is 0 Å². The minimum atomic E-state index is -5.08. The van der Waals surface area contributed by atoms with Crippen LogP contribution in [0.3, 0.4) is 0 Å². The van der Waals surface area contributed by atoms with Crippen molar-refractivity contribution < 1.29 is 55.7 Å². The summed E-state index contributed by atoms with van der Waals surface area (Å²) in [5, 5.41) is 14.2. The number of amides is 1. The number of carboxylic acids is 2. The number of halogens is 6. The molecule has 2 aliphatic rings. The van der Waals surface area contributed by atoms with Crippen molar-refractivity contribution in [2.75, 3.05) is 26.2 Å². The summed E-state index contributed by atoms with van der Waals surface area (Å²) in [4.78, 5) is 39.1. The Morgan fingerprint density at radius 3 is 2.10 bits per heavy atom. The molecule has 4 rings (SSSR count). The number of rotatable bonds is 4. The summed E-state index contributed by atoms with van der Waals surface area (Å²) in [7, 11) is 1.92. The van der Waals surface area contributed by atoms with E-state index in [1.807, 2.05) is 53.2 Å². The number of ether oxygens (including phenoxy) is 1. The van der Waals surface area contributed by atoms with Gasteiger partial charge in [0.15, 0.2) is 0 Å². The van der Waals surface area contributed by atoms with E-state index in [1.165, 1.54) is 0 Å². The molecule has 0 bridgehead atoms. The minimum absolute atomic E-state index is 0.131. The highest BCUT2D eigenvalue weighted by molar-refractivity contribution is 5.92. The summed E-state index contributed by atoms with van der Waals surface area (Å²) >= 11 is 0. The zero-order chi connectivity index (χ0) is 29.4. The van der Waals surface area contributed by atoms with Crippen molar-refractivity contribution >= 4 is 17.8 Å². The molecule has 10 nitrogen and oxygen atoms in total. The van der Waals surface area contributed by atoms with Gasteiger partial charge in [-0.1, -0.05) is 6.07 Å². The maximum Gasteiger partial charge on any atom is 0.490 e. The highest BCUT2D eigenvalue weighted by Gasteiger charge is 2.39.